The molecule has 134 valence electrons. The van der Waals surface area contributed by atoms with Crippen LogP contribution in [-0.2, 0) is 0 Å². The van der Waals surface area contributed by atoms with Crippen molar-refractivity contribution < 1.29 is 22.4 Å². The summed E-state index contributed by atoms with van der Waals surface area (Å²) in [6.45, 7) is 1.91. The summed E-state index contributed by atoms with van der Waals surface area (Å²) in [6.07, 6.45) is -3.56. The van der Waals surface area contributed by atoms with Gasteiger partial charge in [-0.1, -0.05) is 12.1 Å². The Morgan fingerprint density at radius 2 is 2.00 bits per heavy atom. The lowest BCUT2D eigenvalue weighted by molar-refractivity contribution is -0.143. The highest BCUT2D eigenvalue weighted by Crippen LogP contribution is 2.22. The summed E-state index contributed by atoms with van der Waals surface area (Å²) in [6, 6.07) is 5.13. The van der Waals surface area contributed by atoms with Crippen LogP contribution in [0.2, 0.25) is 0 Å². The summed E-state index contributed by atoms with van der Waals surface area (Å²) in [5.41, 5.74) is 0.767. The van der Waals surface area contributed by atoms with Gasteiger partial charge in [-0.25, -0.2) is 9.18 Å². The van der Waals surface area contributed by atoms with E-state index in [1.54, 1.807) is 19.1 Å². The van der Waals surface area contributed by atoms with Crippen molar-refractivity contribution in [1.82, 2.24) is 15.5 Å². The van der Waals surface area contributed by atoms with Gasteiger partial charge in [0.2, 0.25) is 0 Å². The Hall–Kier alpha value is -1.83. The third-order valence-electron chi connectivity index (χ3n) is 4.04. The number of halogens is 4. The molecular weight excluding hydrogens is 326 g/mol. The van der Waals surface area contributed by atoms with E-state index in [0.717, 1.165) is 5.56 Å². The monoisotopic (exact) mass is 347 g/mol. The third-order valence-corrected chi connectivity index (χ3v) is 4.04. The summed E-state index contributed by atoms with van der Waals surface area (Å²) < 4.78 is 49.9. The number of hydrogen-bond acceptors (Lipinski definition) is 2. The molecule has 1 aliphatic rings. The first-order valence-corrected chi connectivity index (χ1v) is 7.82. The largest absolute Gasteiger partial charge is 0.401 e. The van der Waals surface area contributed by atoms with Crippen LogP contribution in [0, 0.1) is 11.7 Å². The molecule has 1 saturated heterocycles. The molecule has 0 aliphatic carbocycles. The van der Waals surface area contributed by atoms with Crippen LogP contribution in [0.15, 0.2) is 24.3 Å². The molecule has 4 nitrogen and oxygen atoms in total. The maximum absolute atomic E-state index is 12.9. The Kier molecular flexibility index (Phi) is 6.04. The summed E-state index contributed by atoms with van der Waals surface area (Å²) in [5, 5.41) is 5.41. The molecule has 0 unspecified atom stereocenters. The average molecular weight is 347 g/mol. The van der Waals surface area contributed by atoms with Gasteiger partial charge in [0.05, 0.1) is 12.6 Å². The standard InChI is InChI=1S/C16H21F4N3O/c1-11(13-2-4-14(17)5-3-13)22-15(24)21-8-12-6-7-23(9-12)10-16(18,19)20/h2-5,11-12H,6-10H2,1H3,(H2,21,22,24)/t11-,12+/m0/s1. The lowest BCUT2D eigenvalue weighted by atomic mass is 10.1. The maximum atomic E-state index is 12.9. The molecule has 2 N–H and O–H groups in total. The van der Waals surface area contributed by atoms with Crippen molar-refractivity contribution in [3.05, 3.63) is 35.6 Å². The van der Waals surface area contributed by atoms with E-state index in [-0.39, 0.29) is 23.8 Å². The van der Waals surface area contributed by atoms with E-state index in [1.165, 1.54) is 17.0 Å². The molecule has 2 amide bonds. The number of carbonyl (C=O) groups excluding carboxylic acids is 1. The van der Waals surface area contributed by atoms with E-state index < -0.39 is 12.7 Å². The van der Waals surface area contributed by atoms with Crippen LogP contribution in [0.4, 0.5) is 22.4 Å². The predicted octanol–water partition coefficient (Wildman–Crippen LogP) is 3.07. The fourth-order valence-corrected chi connectivity index (χ4v) is 2.80. The summed E-state index contributed by atoms with van der Waals surface area (Å²) in [7, 11) is 0. The van der Waals surface area contributed by atoms with Crippen LogP contribution in [0.3, 0.4) is 0 Å². The fraction of sp³-hybridized carbons (Fsp3) is 0.562. The molecule has 2 atom stereocenters. The van der Waals surface area contributed by atoms with Crippen molar-refractivity contribution in [3.63, 3.8) is 0 Å². The Morgan fingerprint density at radius 1 is 1.33 bits per heavy atom. The summed E-state index contributed by atoms with van der Waals surface area (Å²) in [5.74, 6) is -0.334. The number of carbonyl (C=O) groups is 1. The number of hydrogen-bond donors (Lipinski definition) is 2. The number of alkyl halides is 3. The second-order valence-corrected chi connectivity index (χ2v) is 6.13. The molecule has 0 bridgehead atoms. The number of nitrogens with zero attached hydrogens (tertiary/aromatic N) is 1. The van der Waals surface area contributed by atoms with Crippen LogP contribution >= 0.6 is 0 Å². The highest BCUT2D eigenvalue weighted by atomic mass is 19.4. The molecular formula is C16H21F4N3O. The van der Waals surface area contributed by atoms with Crippen molar-refractivity contribution in [2.75, 3.05) is 26.2 Å². The second-order valence-electron chi connectivity index (χ2n) is 6.13. The van der Waals surface area contributed by atoms with Gasteiger partial charge in [-0.05, 0) is 43.5 Å². The molecule has 0 spiro atoms. The van der Waals surface area contributed by atoms with Crippen molar-refractivity contribution in [2.24, 2.45) is 5.92 Å². The zero-order valence-corrected chi connectivity index (χ0v) is 13.4. The van der Waals surface area contributed by atoms with Gasteiger partial charge in [0.15, 0.2) is 0 Å². The van der Waals surface area contributed by atoms with Crippen LogP contribution in [-0.4, -0.2) is 43.3 Å². The van der Waals surface area contributed by atoms with Gasteiger partial charge in [0, 0.05) is 13.1 Å². The predicted molar refractivity (Wildman–Crippen MR) is 82.0 cm³/mol. The number of urea groups is 1. The van der Waals surface area contributed by atoms with E-state index in [2.05, 4.69) is 10.6 Å². The Bertz CT molecular complexity index is 547. The first-order valence-electron chi connectivity index (χ1n) is 7.82. The number of likely N-dealkylation sites (tertiary alicyclic amines) is 1. The van der Waals surface area contributed by atoms with Crippen molar-refractivity contribution >= 4 is 6.03 Å². The van der Waals surface area contributed by atoms with Gasteiger partial charge in [0.1, 0.15) is 5.82 Å². The van der Waals surface area contributed by atoms with E-state index in [9.17, 15) is 22.4 Å². The van der Waals surface area contributed by atoms with Crippen LogP contribution in [0.1, 0.15) is 24.9 Å². The van der Waals surface area contributed by atoms with Crippen molar-refractivity contribution in [1.29, 1.82) is 0 Å². The van der Waals surface area contributed by atoms with Crippen molar-refractivity contribution in [3.8, 4) is 0 Å². The van der Waals surface area contributed by atoms with E-state index in [1.807, 2.05) is 0 Å². The van der Waals surface area contributed by atoms with Gasteiger partial charge < -0.3 is 10.6 Å². The lowest BCUT2D eigenvalue weighted by Crippen LogP contribution is -2.40. The minimum Gasteiger partial charge on any atom is -0.338 e. The van der Waals surface area contributed by atoms with Gasteiger partial charge in [-0.15, -0.1) is 0 Å². The number of nitrogens with one attached hydrogen (secondary N) is 2. The van der Waals surface area contributed by atoms with Crippen LogP contribution < -0.4 is 10.6 Å². The second kappa shape index (κ2) is 7.83. The maximum Gasteiger partial charge on any atom is 0.401 e. The van der Waals surface area contributed by atoms with E-state index >= 15 is 0 Å². The fourth-order valence-electron chi connectivity index (χ4n) is 2.80. The first-order chi connectivity index (χ1) is 11.2. The number of benzene rings is 1. The molecule has 1 heterocycles. The average Bonchev–Trinajstić information content (AvgIpc) is 2.91. The molecule has 24 heavy (non-hydrogen) atoms. The minimum absolute atomic E-state index is 0.0132. The van der Waals surface area contributed by atoms with Gasteiger partial charge in [0.25, 0.3) is 0 Å². The molecule has 0 aromatic heterocycles. The van der Waals surface area contributed by atoms with E-state index in [4.69, 9.17) is 0 Å². The van der Waals surface area contributed by atoms with Crippen molar-refractivity contribution in [2.45, 2.75) is 25.6 Å². The zero-order chi connectivity index (χ0) is 17.7. The third kappa shape index (κ3) is 5.99. The van der Waals surface area contributed by atoms with Crippen LogP contribution in [0.25, 0.3) is 0 Å². The first kappa shape index (κ1) is 18.5. The molecule has 0 radical (unpaired) electrons. The zero-order valence-electron chi connectivity index (χ0n) is 13.4. The van der Waals surface area contributed by atoms with E-state index in [0.29, 0.717) is 26.1 Å². The summed E-state index contributed by atoms with van der Waals surface area (Å²) in [4.78, 5) is 13.2. The Labute approximate surface area is 138 Å². The lowest BCUT2D eigenvalue weighted by Gasteiger charge is -2.19. The smallest absolute Gasteiger partial charge is 0.338 e. The van der Waals surface area contributed by atoms with Gasteiger partial charge >= 0.3 is 12.2 Å². The Morgan fingerprint density at radius 3 is 2.62 bits per heavy atom. The summed E-state index contributed by atoms with van der Waals surface area (Å²) >= 11 is 0. The van der Waals surface area contributed by atoms with Gasteiger partial charge in [-0.3, -0.25) is 4.90 Å². The topological polar surface area (TPSA) is 44.4 Å². The Balaban J connectivity index is 1.71. The molecule has 0 saturated carbocycles. The molecule has 1 aromatic rings. The highest BCUT2D eigenvalue weighted by Gasteiger charge is 2.34. The number of amides is 2. The molecule has 1 aliphatic heterocycles. The van der Waals surface area contributed by atoms with Gasteiger partial charge in [-0.2, -0.15) is 13.2 Å². The highest BCUT2D eigenvalue weighted by molar-refractivity contribution is 5.74. The minimum atomic E-state index is -4.19. The normalized spacial score (nSPS) is 20.0. The molecule has 8 heteroatoms. The number of rotatable bonds is 5. The molecule has 1 aromatic carbocycles. The molecule has 2 rings (SSSR count). The SMILES string of the molecule is C[C@H](NC(=O)NC[C@H]1CCN(CC(F)(F)F)C1)c1ccc(F)cc1. The van der Waals surface area contributed by atoms with Crippen LogP contribution in [0.5, 0.6) is 0 Å². The molecule has 1 fully saturated rings. The quantitative estimate of drug-likeness (QED) is 0.804.